The molecule has 0 heterocycles. The molecule has 1 aliphatic rings. The van der Waals surface area contributed by atoms with Crippen molar-refractivity contribution >= 4 is 29.0 Å². The third-order valence-corrected chi connectivity index (χ3v) is 8.55. The van der Waals surface area contributed by atoms with Crippen molar-refractivity contribution in [2.45, 2.75) is 57.4 Å². The molecular formula is C39H42N2O5. The second-order valence-electron chi connectivity index (χ2n) is 11.9. The van der Waals surface area contributed by atoms with E-state index in [0.717, 1.165) is 24.1 Å². The first-order chi connectivity index (χ1) is 22.5. The molecule has 1 fully saturated rings. The number of rotatable bonds is 15. The summed E-state index contributed by atoms with van der Waals surface area (Å²) in [5.41, 5.74) is 3.18. The van der Waals surface area contributed by atoms with Gasteiger partial charge in [0.2, 0.25) is 5.91 Å². The number of hydrogen-bond donors (Lipinski definition) is 2. The summed E-state index contributed by atoms with van der Waals surface area (Å²) in [7, 11) is 0. The van der Waals surface area contributed by atoms with Gasteiger partial charge < -0.3 is 20.1 Å². The average Bonchev–Trinajstić information content (AvgIpc) is 3.09. The monoisotopic (exact) mass is 618 g/mol. The lowest BCUT2D eigenvalue weighted by atomic mass is 9.86. The zero-order valence-electron chi connectivity index (χ0n) is 26.1. The zero-order valence-corrected chi connectivity index (χ0v) is 26.1. The molecule has 4 aromatic carbocycles. The van der Waals surface area contributed by atoms with Crippen LogP contribution in [-0.4, -0.2) is 42.0 Å². The molecule has 4 aromatic rings. The van der Waals surface area contributed by atoms with Gasteiger partial charge in [-0.15, -0.1) is 0 Å². The van der Waals surface area contributed by atoms with E-state index in [2.05, 4.69) is 5.32 Å². The van der Waals surface area contributed by atoms with Crippen LogP contribution in [-0.2, 0) is 16.0 Å². The summed E-state index contributed by atoms with van der Waals surface area (Å²) in [5, 5.41) is 13.1. The zero-order chi connectivity index (χ0) is 32.1. The van der Waals surface area contributed by atoms with E-state index in [1.54, 1.807) is 48.5 Å². The fourth-order valence-corrected chi connectivity index (χ4v) is 6.06. The van der Waals surface area contributed by atoms with E-state index in [4.69, 9.17) is 4.74 Å². The van der Waals surface area contributed by atoms with Crippen LogP contribution in [0.15, 0.2) is 109 Å². The summed E-state index contributed by atoms with van der Waals surface area (Å²) < 4.78 is 6.00. The molecule has 0 radical (unpaired) electrons. The molecule has 1 aliphatic carbocycles. The van der Waals surface area contributed by atoms with Crippen molar-refractivity contribution in [1.29, 1.82) is 0 Å². The van der Waals surface area contributed by atoms with Crippen LogP contribution < -0.4 is 15.0 Å². The number of amides is 1. The van der Waals surface area contributed by atoms with Crippen LogP contribution in [0.3, 0.4) is 0 Å². The lowest BCUT2D eigenvalue weighted by Gasteiger charge is -2.27. The van der Waals surface area contributed by atoms with E-state index in [1.807, 2.05) is 65.6 Å². The molecule has 1 amide bonds. The first-order valence-electron chi connectivity index (χ1n) is 16.2. The molecule has 0 aliphatic heterocycles. The molecule has 2 N–H and O–H groups in total. The number of nitrogens with zero attached hydrogens (tertiary/aromatic N) is 1. The van der Waals surface area contributed by atoms with Gasteiger partial charge in [-0.3, -0.25) is 9.59 Å². The fourth-order valence-electron chi connectivity index (χ4n) is 6.06. The van der Waals surface area contributed by atoms with Crippen LogP contribution in [0.5, 0.6) is 5.75 Å². The van der Waals surface area contributed by atoms with E-state index in [9.17, 15) is 19.5 Å². The number of ketones is 1. The molecule has 5 rings (SSSR count). The standard InChI is InChI=1S/C39H42N2O5/c42-37(28-29-13-4-1-5-14-29)41(32-17-8-3-9-18-32)25-12-26-46-33-23-21-30(22-24-33)27-36(39(44)45)40-35-20-11-10-19-34(35)38(43)31-15-6-2-7-16-31/h2-3,6-11,15-24,29,36,40H,1,4-5,12-14,25-28H2,(H,44,45)/t36-/m0/s1. The van der Waals surface area contributed by atoms with Gasteiger partial charge in [0, 0.05) is 41.9 Å². The molecule has 46 heavy (non-hydrogen) atoms. The Morgan fingerprint density at radius 2 is 1.46 bits per heavy atom. The van der Waals surface area contributed by atoms with Gasteiger partial charge in [-0.1, -0.05) is 92.1 Å². The van der Waals surface area contributed by atoms with Crippen molar-refractivity contribution in [2.75, 3.05) is 23.4 Å². The predicted molar refractivity (Wildman–Crippen MR) is 182 cm³/mol. The SMILES string of the molecule is O=C(c1ccccc1)c1ccccc1N[C@@H](Cc1ccc(OCCCN(C(=O)CC2CCCCC2)c2ccccc2)cc1)C(=O)O. The van der Waals surface area contributed by atoms with E-state index in [-0.39, 0.29) is 18.1 Å². The van der Waals surface area contributed by atoms with Gasteiger partial charge in [-0.2, -0.15) is 0 Å². The minimum absolute atomic E-state index is 0.171. The number of anilines is 2. The van der Waals surface area contributed by atoms with Gasteiger partial charge in [0.15, 0.2) is 5.78 Å². The van der Waals surface area contributed by atoms with Crippen molar-refractivity contribution in [3.63, 3.8) is 0 Å². The Morgan fingerprint density at radius 3 is 2.15 bits per heavy atom. The lowest BCUT2D eigenvalue weighted by Crippen LogP contribution is -2.34. The second-order valence-corrected chi connectivity index (χ2v) is 11.9. The minimum Gasteiger partial charge on any atom is -0.494 e. The second kappa shape index (κ2) is 16.4. The van der Waals surface area contributed by atoms with Gasteiger partial charge >= 0.3 is 5.97 Å². The van der Waals surface area contributed by atoms with Crippen LogP contribution >= 0.6 is 0 Å². The first-order valence-corrected chi connectivity index (χ1v) is 16.2. The third kappa shape index (κ3) is 9.07. The van der Waals surface area contributed by atoms with Gasteiger partial charge in [0.25, 0.3) is 0 Å². The Balaban J connectivity index is 1.15. The van der Waals surface area contributed by atoms with Gasteiger partial charge in [-0.25, -0.2) is 4.79 Å². The highest BCUT2D eigenvalue weighted by atomic mass is 16.5. The number of carbonyl (C=O) groups excluding carboxylic acids is 2. The summed E-state index contributed by atoms with van der Waals surface area (Å²) in [5.74, 6) is 0.154. The number of carboxylic acid groups (broad SMARTS) is 1. The van der Waals surface area contributed by atoms with Crippen LogP contribution in [0.1, 0.15) is 66.4 Å². The van der Waals surface area contributed by atoms with Crippen LogP contribution in [0.25, 0.3) is 0 Å². The maximum absolute atomic E-state index is 13.3. The first kappa shape index (κ1) is 32.5. The number of carboxylic acids is 1. The van der Waals surface area contributed by atoms with Crippen molar-refractivity contribution in [2.24, 2.45) is 5.92 Å². The number of hydrogen-bond acceptors (Lipinski definition) is 5. The molecule has 0 bridgehead atoms. The summed E-state index contributed by atoms with van der Waals surface area (Å²) >= 11 is 0. The van der Waals surface area contributed by atoms with Crippen molar-refractivity contribution in [1.82, 2.24) is 0 Å². The minimum atomic E-state index is -1.01. The molecule has 1 atom stereocenters. The number of carbonyl (C=O) groups is 3. The summed E-state index contributed by atoms with van der Waals surface area (Å²) in [6.07, 6.45) is 7.47. The van der Waals surface area contributed by atoms with Crippen LogP contribution in [0, 0.1) is 5.92 Å². The smallest absolute Gasteiger partial charge is 0.326 e. The number of ether oxygens (including phenoxy) is 1. The molecular weight excluding hydrogens is 576 g/mol. The summed E-state index contributed by atoms with van der Waals surface area (Å²) in [6, 6.07) is 32.2. The fraction of sp³-hybridized carbons (Fsp3) is 0.308. The maximum atomic E-state index is 13.3. The predicted octanol–water partition coefficient (Wildman–Crippen LogP) is 7.80. The maximum Gasteiger partial charge on any atom is 0.326 e. The van der Waals surface area contributed by atoms with Crippen LogP contribution in [0.2, 0.25) is 0 Å². The normalized spacial score (nSPS) is 13.8. The number of nitrogens with one attached hydrogen (secondary N) is 1. The molecule has 238 valence electrons. The molecule has 0 spiro atoms. The van der Waals surface area contributed by atoms with Crippen molar-refractivity contribution < 1.29 is 24.2 Å². The topological polar surface area (TPSA) is 95.9 Å². The van der Waals surface area contributed by atoms with Gasteiger partial charge in [-0.05, 0) is 67.1 Å². The molecule has 1 saturated carbocycles. The van der Waals surface area contributed by atoms with Crippen LogP contribution in [0.4, 0.5) is 11.4 Å². The van der Waals surface area contributed by atoms with E-state index in [0.29, 0.717) is 54.5 Å². The Morgan fingerprint density at radius 1 is 0.804 bits per heavy atom. The van der Waals surface area contributed by atoms with E-state index in [1.165, 1.54) is 19.3 Å². The van der Waals surface area contributed by atoms with Crippen molar-refractivity contribution in [3.05, 3.63) is 126 Å². The Kier molecular flexibility index (Phi) is 11.6. The Labute approximate surface area is 271 Å². The van der Waals surface area contributed by atoms with Gasteiger partial charge in [0.05, 0.1) is 6.61 Å². The number of benzene rings is 4. The molecule has 0 saturated heterocycles. The highest BCUT2D eigenvalue weighted by Crippen LogP contribution is 2.28. The summed E-state index contributed by atoms with van der Waals surface area (Å²) in [4.78, 5) is 40.5. The highest BCUT2D eigenvalue weighted by Gasteiger charge is 2.23. The van der Waals surface area contributed by atoms with E-state index >= 15 is 0 Å². The molecule has 7 heteroatoms. The van der Waals surface area contributed by atoms with Gasteiger partial charge in [0.1, 0.15) is 11.8 Å². The molecule has 7 nitrogen and oxygen atoms in total. The summed E-state index contributed by atoms with van der Waals surface area (Å²) in [6.45, 7) is 1.03. The average molecular weight is 619 g/mol. The Bertz CT molecular complexity index is 1570. The largest absolute Gasteiger partial charge is 0.494 e. The lowest BCUT2D eigenvalue weighted by molar-refractivity contribution is -0.137. The number of aliphatic carboxylic acids is 1. The molecule has 0 aromatic heterocycles. The number of para-hydroxylation sites is 2. The van der Waals surface area contributed by atoms with Crippen molar-refractivity contribution in [3.8, 4) is 5.75 Å². The highest BCUT2D eigenvalue weighted by molar-refractivity contribution is 6.12. The molecule has 0 unspecified atom stereocenters. The van der Waals surface area contributed by atoms with E-state index < -0.39 is 12.0 Å². The quantitative estimate of drug-likeness (QED) is 0.104. The Hall–Kier alpha value is -4.91. The third-order valence-electron chi connectivity index (χ3n) is 8.55.